The van der Waals surface area contributed by atoms with E-state index in [-0.39, 0.29) is 11.5 Å². The van der Waals surface area contributed by atoms with Crippen LogP contribution in [0.25, 0.3) is 39.5 Å². The lowest BCUT2D eigenvalue weighted by atomic mass is 10.1. The molecule has 0 aliphatic heterocycles. The van der Waals surface area contributed by atoms with Gasteiger partial charge in [0.2, 0.25) is 0 Å². The molecule has 0 fully saturated rings. The van der Waals surface area contributed by atoms with Gasteiger partial charge in [0.25, 0.3) is 0 Å². The second-order valence-corrected chi connectivity index (χ2v) is 7.76. The quantitative estimate of drug-likeness (QED) is 0.357. The van der Waals surface area contributed by atoms with Crippen molar-refractivity contribution < 1.29 is 9.21 Å². The fourth-order valence-corrected chi connectivity index (χ4v) is 3.80. The van der Waals surface area contributed by atoms with Crippen molar-refractivity contribution in [2.45, 2.75) is 6.92 Å². The fourth-order valence-electron chi connectivity index (χ4n) is 3.35. The Hall–Kier alpha value is -3.78. The smallest absolute Gasteiger partial charge is 0.194 e. The van der Waals surface area contributed by atoms with Crippen LogP contribution in [0.4, 0.5) is 5.82 Å². The normalized spacial score (nSPS) is 11.2. The number of pyridine rings is 1. The number of nitrogens with zero attached hydrogens (tertiary/aromatic N) is 4. The summed E-state index contributed by atoms with van der Waals surface area (Å²) in [5.41, 5.74) is 10.9. The number of hydrogen-bond donors (Lipinski definition) is 1. The maximum Gasteiger partial charge on any atom is 0.194 e. The Balaban J connectivity index is 1.62. The Bertz CT molecular complexity index is 1420. The summed E-state index contributed by atoms with van der Waals surface area (Å²) in [6.45, 7) is 1.45. The van der Waals surface area contributed by atoms with E-state index in [1.54, 1.807) is 29.0 Å². The van der Waals surface area contributed by atoms with Crippen LogP contribution < -0.4 is 5.73 Å². The maximum atomic E-state index is 11.6. The Labute approximate surface area is 185 Å². The van der Waals surface area contributed by atoms with Crippen LogP contribution in [0.1, 0.15) is 17.5 Å². The van der Waals surface area contributed by atoms with E-state index in [0.29, 0.717) is 27.4 Å². The van der Waals surface area contributed by atoms with E-state index < -0.39 is 0 Å². The largest absolute Gasteiger partial charge is 0.451 e. The van der Waals surface area contributed by atoms with E-state index in [2.05, 4.69) is 26.0 Å². The molecule has 7 nitrogen and oxygen atoms in total. The van der Waals surface area contributed by atoms with Gasteiger partial charge in [-0.15, -0.1) is 0 Å². The van der Waals surface area contributed by atoms with Crippen LogP contribution in [0.3, 0.4) is 0 Å². The van der Waals surface area contributed by atoms with Crippen LogP contribution in [0.2, 0.25) is 0 Å². The van der Waals surface area contributed by atoms with Crippen molar-refractivity contribution in [1.29, 1.82) is 0 Å². The zero-order valence-electron chi connectivity index (χ0n) is 16.4. The molecule has 0 atom stereocenters. The molecule has 4 heterocycles. The molecule has 0 unspecified atom stereocenters. The first-order chi connectivity index (χ1) is 15.0. The first kappa shape index (κ1) is 19.2. The number of halogens is 1. The molecular formula is C23H16BrN5O2. The average molecular weight is 474 g/mol. The molecule has 31 heavy (non-hydrogen) atoms. The number of ketones is 1. The average Bonchev–Trinajstić information content (AvgIpc) is 3.45. The molecule has 0 aliphatic rings. The predicted octanol–water partition coefficient (Wildman–Crippen LogP) is 5.27. The highest BCUT2D eigenvalue weighted by atomic mass is 79.9. The number of nitrogens with two attached hydrogens (primary N) is 1. The summed E-state index contributed by atoms with van der Waals surface area (Å²) in [6.07, 6.45) is 3.50. The summed E-state index contributed by atoms with van der Waals surface area (Å²) < 4.78 is 7.76. The van der Waals surface area contributed by atoms with E-state index in [0.717, 1.165) is 22.4 Å². The minimum absolute atomic E-state index is 0.161. The van der Waals surface area contributed by atoms with Crippen molar-refractivity contribution in [1.82, 2.24) is 19.6 Å². The molecule has 1 aromatic carbocycles. The molecule has 152 valence electrons. The first-order valence-electron chi connectivity index (χ1n) is 9.48. The van der Waals surface area contributed by atoms with Crippen molar-refractivity contribution in [2.24, 2.45) is 0 Å². The van der Waals surface area contributed by atoms with Gasteiger partial charge in [-0.2, -0.15) is 9.61 Å². The van der Waals surface area contributed by atoms with Crippen LogP contribution in [-0.2, 0) is 0 Å². The highest BCUT2D eigenvalue weighted by Gasteiger charge is 2.20. The van der Waals surface area contributed by atoms with E-state index in [1.165, 1.54) is 6.92 Å². The van der Waals surface area contributed by atoms with Gasteiger partial charge in [-0.3, -0.25) is 9.78 Å². The van der Waals surface area contributed by atoms with Crippen LogP contribution in [0.15, 0.2) is 75.9 Å². The number of hydrogen-bond acceptors (Lipinski definition) is 6. The van der Waals surface area contributed by atoms with E-state index in [1.807, 2.05) is 42.5 Å². The number of anilines is 1. The standard InChI is InChI=1S/C23H16BrN5O2/c1-13(30)18-9-10-19(31-18)21-20(24)22(25)29-23(28-21)16(12-27-29)15-7-8-17(26-11-15)14-5-3-2-4-6-14/h2-12H,25H2,1H3. The third-order valence-corrected chi connectivity index (χ3v) is 5.73. The molecule has 8 heteroatoms. The number of nitrogen functional groups attached to an aromatic ring is 1. The van der Waals surface area contributed by atoms with E-state index in [9.17, 15) is 4.79 Å². The van der Waals surface area contributed by atoms with E-state index >= 15 is 0 Å². The van der Waals surface area contributed by atoms with Crippen LogP contribution >= 0.6 is 15.9 Å². The minimum Gasteiger partial charge on any atom is -0.451 e. The number of Topliss-reactive ketones (excluding diaryl/α,β-unsaturated/α-hetero) is 1. The third-order valence-electron chi connectivity index (χ3n) is 4.95. The molecular weight excluding hydrogens is 458 g/mol. The lowest BCUT2D eigenvalue weighted by Gasteiger charge is -2.08. The summed E-state index contributed by atoms with van der Waals surface area (Å²) in [5, 5.41) is 4.39. The lowest BCUT2D eigenvalue weighted by Crippen LogP contribution is -2.03. The number of carbonyl (C=O) groups excluding carboxylic acids is 1. The number of furan rings is 1. The highest BCUT2D eigenvalue weighted by molar-refractivity contribution is 9.10. The molecule has 0 radical (unpaired) electrons. The van der Waals surface area contributed by atoms with Crippen molar-refractivity contribution in [3.05, 3.63) is 77.2 Å². The maximum absolute atomic E-state index is 11.6. The predicted molar refractivity (Wildman–Crippen MR) is 121 cm³/mol. The van der Waals surface area contributed by atoms with Gasteiger partial charge in [0.15, 0.2) is 23.0 Å². The number of fused-ring (bicyclic) bond motifs is 1. The van der Waals surface area contributed by atoms with Crippen LogP contribution in [-0.4, -0.2) is 25.4 Å². The monoisotopic (exact) mass is 473 g/mol. The van der Waals surface area contributed by atoms with Gasteiger partial charge in [-0.1, -0.05) is 36.4 Å². The number of aromatic nitrogens is 4. The fraction of sp³-hybridized carbons (Fsp3) is 0.0435. The second kappa shape index (κ2) is 7.48. The summed E-state index contributed by atoms with van der Waals surface area (Å²) in [4.78, 5) is 20.9. The van der Waals surface area contributed by atoms with Gasteiger partial charge in [0.05, 0.1) is 16.4 Å². The Morgan fingerprint density at radius 1 is 1.03 bits per heavy atom. The van der Waals surface area contributed by atoms with Gasteiger partial charge >= 0.3 is 0 Å². The summed E-state index contributed by atoms with van der Waals surface area (Å²) in [5.74, 6) is 0.916. The Kier molecular flexibility index (Phi) is 4.63. The summed E-state index contributed by atoms with van der Waals surface area (Å²) in [7, 11) is 0. The number of benzene rings is 1. The molecule has 5 aromatic rings. The van der Waals surface area contributed by atoms with Gasteiger partial charge in [-0.25, -0.2) is 4.98 Å². The second-order valence-electron chi connectivity index (χ2n) is 6.97. The van der Waals surface area contributed by atoms with Crippen molar-refractivity contribution in [2.75, 3.05) is 5.73 Å². The Morgan fingerprint density at radius 3 is 2.52 bits per heavy atom. The molecule has 0 aliphatic carbocycles. The number of carbonyl (C=O) groups is 1. The molecule has 5 rings (SSSR count). The lowest BCUT2D eigenvalue weighted by molar-refractivity contribution is 0.0988. The van der Waals surface area contributed by atoms with Gasteiger partial charge in [0.1, 0.15) is 11.5 Å². The number of rotatable bonds is 4. The molecule has 4 aromatic heterocycles. The zero-order valence-corrected chi connectivity index (χ0v) is 18.0. The third kappa shape index (κ3) is 3.30. The topological polar surface area (TPSA) is 99.3 Å². The molecule has 0 saturated heterocycles. The van der Waals surface area contributed by atoms with Crippen LogP contribution in [0, 0.1) is 0 Å². The molecule has 2 N–H and O–H groups in total. The SMILES string of the molecule is CC(=O)c1ccc(-c2nc3c(-c4ccc(-c5ccccc5)nc4)cnn3c(N)c2Br)o1. The minimum atomic E-state index is -0.161. The molecule has 0 saturated carbocycles. The van der Waals surface area contributed by atoms with Gasteiger partial charge < -0.3 is 10.2 Å². The van der Waals surface area contributed by atoms with Crippen LogP contribution in [0.5, 0.6) is 0 Å². The van der Waals surface area contributed by atoms with Gasteiger partial charge in [0, 0.05) is 29.8 Å². The van der Waals surface area contributed by atoms with Crippen molar-refractivity contribution in [3.8, 4) is 33.8 Å². The van der Waals surface area contributed by atoms with Crippen molar-refractivity contribution in [3.63, 3.8) is 0 Å². The summed E-state index contributed by atoms with van der Waals surface area (Å²) in [6, 6.07) is 17.2. The van der Waals surface area contributed by atoms with E-state index in [4.69, 9.17) is 15.1 Å². The zero-order chi connectivity index (χ0) is 21.5. The van der Waals surface area contributed by atoms with Gasteiger partial charge in [-0.05, 0) is 34.1 Å². The molecule has 0 amide bonds. The first-order valence-corrected chi connectivity index (χ1v) is 10.3. The molecule has 0 spiro atoms. The highest BCUT2D eigenvalue weighted by Crippen LogP contribution is 2.35. The Morgan fingerprint density at radius 2 is 1.84 bits per heavy atom. The molecule has 0 bridgehead atoms. The summed E-state index contributed by atoms with van der Waals surface area (Å²) >= 11 is 3.48. The van der Waals surface area contributed by atoms with Crippen molar-refractivity contribution >= 4 is 33.2 Å².